The van der Waals surface area contributed by atoms with E-state index >= 15 is 0 Å². The number of amides is 1. The first kappa shape index (κ1) is 14.5. The Balaban J connectivity index is 2.37. The zero-order valence-electron chi connectivity index (χ0n) is 11.7. The predicted molar refractivity (Wildman–Crippen MR) is 71.0 cm³/mol. The lowest BCUT2D eigenvalue weighted by Gasteiger charge is -2.32. The molecule has 0 saturated carbocycles. The van der Waals surface area contributed by atoms with Crippen molar-refractivity contribution in [2.75, 3.05) is 33.2 Å². The summed E-state index contributed by atoms with van der Waals surface area (Å²) in [6.45, 7) is 9.91. The Labute approximate surface area is 105 Å². The normalized spacial score (nSPS) is 20.2. The molecule has 100 valence electrons. The topological polar surface area (TPSA) is 35.6 Å². The minimum atomic E-state index is -0.0525. The fraction of sp³-hybridized carbons (Fsp3) is 0.923. The second-order valence-electron chi connectivity index (χ2n) is 4.98. The first-order valence-corrected chi connectivity index (χ1v) is 6.81. The minimum Gasteiger partial charge on any atom is -0.342 e. The van der Waals surface area contributed by atoms with Crippen molar-refractivity contribution < 1.29 is 4.79 Å². The third kappa shape index (κ3) is 4.28. The van der Waals surface area contributed by atoms with Gasteiger partial charge in [-0.15, -0.1) is 0 Å². The number of nitrogens with one attached hydrogen (secondary N) is 1. The Bertz CT molecular complexity index is 233. The highest BCUT2D eigenvalue weighted by Crippen LogP contribution is 2.09. The van der Waals surface area contributed by atoms with Crippen LogP contribution in [-0.4, -0.2) is 61.0 Å². The molecule has 1 aliphatic rings. The van der Waals surface area contributed by atoms with Crippen LogP contribution in [0.5, 0.6) is 0 Å². The fourth-order valence-corrected chi connectivity index (χ4v) is 2.41. The van der Waals surface area contributed by atoms with Crippen LogP contribution < -0.4 is 5.32 Å². The summed E-state index contributed by atoms with van der Waals surface area (Å²) in [5.41, 5.74) is 0. The van der Waals surface area contributed by atoms with Crippen LogP contribution >= 0.6 is 0 Å². The highest BCUT2D eigenvalue weighted by atomic mass is 16.2. The Hall–Kier alpha value is -0.610. The SMILES string of the molecule is CCN(CC)C(=O)C(C)NC1CCN(C)CC1. The molecular weight excluding hydrogens is 214 g/mol. The van der Waals surface area contributed by atoms with E-state index in [1.165, 1.54) is 0 Å². The number of piperidine rings is 1. The number of likely N-dealkylation sites (tertiary alicyclic amines) is 1. The molecule has 1 rings (SSSR count). The van der Waals surface area contributed by atoms with Crippen molar-refractivity contribution in [1.82, 2.24) is 15.1 Å². The van der Waals surface area contributed by atoms with Crippen molar-refractivity contribution in [2.45, 2.75) is 45.7 Å². The monoisotopic (exact) mass is 241 g/mol. The maximum atomic E-state index is 12.1. The molecular formula is C13H27N3O. The van der Waals surface area contributed by atoms with Gasteiger partial charge in [0.05, 0.1) is 6.04 Å². The summed E-state index contributed by atoms with van der Waals surface area (Å²) in [5, 5.41) is 3.47. The molecule has 0 aromatic rings. The second kappa shape index (κ2) is 6.97. The van der Waals surface area contributed by atoms with Gasteiger partial charge >= 0.3 is 0 Å². The lowest BCUT2D eigenvalue weighted by molar-refractivity contribution is -0.132. The largest absolute Gasteiger partial charge is 0.342 e. The number of likely N-dealkylation sites (N-methyl/N-ethyl adjacent to an activating group) is 1. The molecule has 1 N–H and O–H groups in total. The average molecular weight is 241 g/mol. The third-order valence-corrected chi connectivity index (χ3v) is 3.65. The molecule has 1 atom stereocenters. The second-order valence-corrected chi connectivity index (χ2v) is 4.98. The Morgan fingerprint density at radius 2 is 1.88 bits per heavy atom. The Morgan fingerprint density at radius 3 is 2.35 bits per heavy atom. The van der Waals surface area contributed by atoms with Gasteiger partial charge in [-0.1, -0.05) is 0 Å². The van der Waals surface area contributed by atoms with E-state index in [1.54, 1.807) is 0 Å². The number of rotatable bonds is 5. The van der Waals surface area contributed by atoms with Crippen LogP contribution in [0.3, 0.4) is 0 Å². The summed E-state index contributed by atoms with van der Waals surface area (Å²) in [6.07, 6.45) is 2.29. The van der Waals surface area contributed by atoms with Gasteiger partial charge in [-0.3, -0.25) is 4.79 Å². The zero-order chi connectivity index (χ0) is 12.8. The summed E-state index contributed by atoms with van der Waals surface area (Å²) in [4.78, 5) is 16.3. The maximum absolute atomic E-state index is 12.1. The van der Waals surface area contributed by atoms with Crippen molar-refractivity contribution in [2.24, 2.45) is 0 Å². The molecule has 0 bridgehead atoms. The molecule has 17 heavy (non-hydrogen) atoms. The van der Waals surface area contributed by atoms with Gasteiger partial charge in [0.2, 0.25) is 5.91 Å². The lowest BCUT2D eigenvalue weighted by atomic mass is 10.0. The van der Waals surface area contributed by atoms with E-state index in [0.717, 1.165) is 39.0 Å². The maximum Gasteiger partial charge on any atom is 0.239 e. The molecule has 1 amide bonds. The van der Waals surface area contributed by atoms with Crippen LogP contribution in [0, 0.1) is 0 Å². The van der Waals surface area contributed by atoms with Gasteiger partial charge in [-0.25, -0.2) is 0 Å². The van der Waals surface area contributed by atoms with Gasteiger partial charge in [0.1, 0.15) is 0 Å². The van der Waals surface area contributed by atoms with Gasteiger partial charge in [0.25, 0.3) is 0 Å². The average Bonchev–Trinajstić information content (AvgIpc) is 2.33. The van der Waals surface area contributed by atoms with Crippen LogP contribution in [0.2, 0.25) is 0 Å². The van der Waals surface area contributed by atoms with Crippen molar-refractivity contribution in [3.63, 3.8) is 0 Å². The van der Waals surface area contributed by atoms with Gasteiger partial charge < -0.3 is 15.1 Å². The minimum absolute atomic E-state index is 0.0525. The Kier molecular flexibility index (Phi) is 5.92. The van der Waals surface area contributed by atoms with Crippen LogP contribution in [0.1, 0.15) is 33.6 Å². The fourth-order valence-electron chi connectivity index (χ4n) is 2.41. The van der Waals surface area contributed by atoms with Crippen molar-refractivity contribution in [3.8, 4) is 0 Å². The molecule has 0 radical (unpaired) electrons. The van der Waals surface area contributed by atoms with Crippen LogP contribution in [0.4, 0.5) is 0 Å². The van der Waals surface area contributed by atoms with E-state index in [4.69, 9.17) is 0 Å². The summed E-state index contributed by atoms with van der Waals surface area (Å²) < 4.78 is 0. The molecule has 1 heterocycles. The summed E-state index contributed by atoms with van der Waals surface area (Å²) >= 11 is 0. The molecule has 1 unspecified atom stereocenters. The number of carbonyl (C=O) groups is 1. The number of carbonyl (C=O) groups excluding carboxylic acids is 1. The molecule has 1 aliphatic heterocycles. The lowest BCUT2D eigenvalue weighted by Crippen LogP contribution is -2.51. The van der Waals surface area contributed by atoms with Gasteiger partial charge in [-0.05, 0) is 53.8 Å². The van der Waals surface area contributed by atoms with Gasteiger partial charge in [0.15, 0.2) is 0 Å². The molecule has 0 aromatic heterocycles. The first-order chi connectivity index (χ1) is 8.08. The molecule has 0 aliphatic carbocycles. The molecule has 0 spiro atoms. The quantitative estimate of drug-likeness (QED) is 0.778. The van der Waals surface area contributed by atoms with Crippen LogP contribution in [0.25, 0.3) is 0 Å². The van der Waals surface area contributed by atoms with Crippen LogP contribution in [-0.2, 0) is 4.79 Å². The summed E-state index contributed by atoms with van der Waals surface area (Å²) in [7, 11) is 2.15. The number of nitrogens with zero attached hydrogens (tertiary/aromatic N) is 2. The van der Waals surface area contributed by atoms with Crippen molar-refractivity contribution >= 4 is 5.91 Å². The van der Waals surface area contributed by atoms with E-state index in [2.05, 4.69) is 17.3 Å². The van der Waals surface area contributed by atoms with Gasteiger partial charge in [0, 0.05) is 19.1 Å². The molecule has 1 saturated heterocycles. The molecule has 0 aromatic carbocycles. The van der Waals surface area contributed by atoms with E-state index in [9.17, 15) is 4.79 Å². The van der Waals surface area contributed by atoms with Crippen molar-refractivity contribution in [3.05, 3.63) is 0 Å². The van der Waals surface area contributed by atoms with Gasteiger partial charge in [-0.2, -0.15) is 0 Å². The molecule has 1 fully saturated rings. The Morgan fingerprint density at radius 1 is 1.35 bits per heavy atom. The smallest absolute Gasteiger partial charge is 0.239 e. The van der Waals surface area contributed by atoms with E-state index in [0.29, 0.717) is 6.04 Å². The molecule has 4 heteroatoms. The highest BCUT2D eigenvalue weighted by molar-refractivity contribution is 5.81. The van der Waals surface area contributed by atoms with E-state index < -0.39 is 0 Å². The third-order valence-electron chi connectivity index (χ3n) is 3.65. The number of hydrogen-bond donors (Lipinski definition) is 1. The predicted octanol–water partition coefficient (Wildman–Crippen LogP) is 0.927. The summed E-state index contributed by atoms with van der Waals surface area (Å²) in [6, 6.07) is 0.448. The first-order valence-electron chi connectivity index (χ1n) is 6.81. The van der Waals surface area contributed by atoms with E-state index in [-0.39, 0.29) is 11.9 Å². The highest BCUT2D eigenvalue weighted by Gasteiger charge is 2.23. The van der Waals surface area contributed by atoms with Crippen molar-refractivity contribution in [1.29, 1.82) is 0 Å². The summed E-state index contributed by atoms with van der Waals surface area (Å²) in [5.74, 6) is 0.230. The zero-order valence-corrected chi connectivity index (χ0v) is 11.7. The number of hydrogen-bond acceptors (Lipinski definition) is 3. The van der Waals surface area contributed by atoms with E-state index in [1.807, 2.05) is 25.7 Å². The van der Waals surface area contributed by atoms with Crippen LogP contribution in [0.15, 0.2) is 0 Å². The molecule has 4 nitrogen and oxygen atoms in total. The standard InChI is InChI=1S/C13H27N3O/c1-5-16(6-2)13(17)11(3)14-12-7-9-15(4)10-8-12/h11-12,14H,5-10H2,1-4H3.